The van der Waals surface area contributed by atoms with Gasteiger partial charge in [0.1, 0.15) is 11.5 Å². The monoisotopic (exact) mass is 305 g/mol. The molecule has 1 heterocycles. The van der Waals surface area contributed by atoms with Gasteiger partial charge in [-0.25, -0.2) is 4.68 Å². The van der Waals surface area contributed by atoms with Gasteiger partial charge in [0.2, 0.25) is 4.80 Å². The summed E-state index contributed by atoms with van der Waals surface area (Å²) in [7, 11) is 1.59. The van der Waals surface area contributed by atoms with Crippen molar-refractivity contribution in [3.63, 3.8) is 0 Å². The third-order valence-corrected chi connectivity index (χ3v) is 3.71. The summed E-state index contributed by atoms with van der Waals surface area (Å²) in [4.78, 5) is 5.36. The average molecular weight is 305 g/mol. The van der Waals surface area contributed by atoms with Crippen molar-refractivity contribution in [3.05, 3.63) is 39.6 Å². The Balaban J connectivity index is 2.40. The summed E-state index contributed by atoms with van der Waals surface area (Å²) in [5.74, 6) is 0.837. The zero-order chi connectivity index (χ0) is 15.4. The van der Waals surface area contributed by atoms with E-state index in [0.29, 0.717) is 11.3 Å². The Kier molecular flexibility index (Phi) is 4.80. The molecule has 6 heteroatoms. The zero-order valence-electron chi connectivity index (χ0n) is 12.6. The van der Waals surface area contributed by atoms with Gasteiger partial charge >= 0.3 is 0 Å². The SMILES string of the molecule is COc1ccc(O)c(/C=N/n2c(C)csc2=NC(C)C)c1. The lowest BCUT2D eigenvalue weighted by Gasteiger charge is -2.03. The number of phenolic OH excluding ortho intramolecular Hbond substituents is 1. The van der Waals surface area contributed by atoms with Crippen molar-refractivity contribution in [2.75, 3.05) is 7.11 Å². The van der Waals surface area contributed by atoms with Crippen LogP contribution in [0.15, 0.2) is 33.7 Å². The van der Waals surface area contributed by atoms with Crippen molar-refractivity contribution in [1.29, 1.82) is 0 Å². The number of aromatic nitrogens is 1. The van der Waals surface area contributed by atoms with E-state index in [9.17, 15) is 5.11 Å². The summed E-state index contributed by atoms with van der Waals surface area (Å²) in [5.41, 5.74) is 1.60. The fraction of sp³-hybridized carbons (Fsp3) is 0.333. The molecule has 5 nitrogen and oxygen atoms in total. The summed E-state index contributed by atoms with van der Waals surface area (Å²) in [5, 5.41) is 16.3. The molecule has 1 N–H and O–H groups in total. The standard InChI is InChI=1S/C15H19N3O2S/c1-10(2)17-15-18(11(3)9-21-15)16-8-12-7-13(20-4)5-6-14(12)19/h5-10,19H,1-4H3/b16-8+,17-15?. The van der Waals surface area contributed by atoms with Gasteiger partial charge in [0, 0.05) is 17.0 Å². The van der Waals surface area contributed by atoms with Gasteiger partial charge in [0.25, 0.3) is 0 Å². The number of methoxy groups -OCH3 is 1. The highest BCUT2D eigenvalue weighted by atomic mass is 32.1. The lowest BCUT2D eigenvalue weighted by molar-refractivity contribution is 0.412. The lowest BCUT2D eigenvalue weighted by atomic mass is 10.2. The van der Waals surface area contributed by atoms with Gasteiger partial charge in [-0.05, 0) is 39.0 Å². The number of aromatic hydroxyl groups is 1. The van der Waals surface area contributed by atoms with Gasteiger partial charge in [-0.2, -0.15) is 5.10 Å². The van der Waals surface area contributed by atoms with Gasteiger partial charge in [-0.1, -0.05) is 0 Å². The van der Waals surface area contributed by atoms with E-state index < -0.39 is 0 Å². The molecule has 1 aromatic heterocycles. The fourth-order valence-electron chi connectivity index (χ4n) is 1.72. The van der Waals surface area contributed by atoms with Crippen LogP contribution in [-0.2, 0) is 0 Å². The van der Waals surface area contributed by atoms with E-state index >= 15 is 0 Å². The normalized spacial score (nSPS) is 12.5. The minimum Gasteiger partial charge on any atom is -0.507 e. The zero-order valence-corrected chi connectivity index (χ0v) is 13.4. The highest BCUT2D eigenvalue weighted by Gasteiger charge is 2.03. The molecule has 0 bridgehead atoms. The number of ether oxygens (including phenoxy) is 1. The van der Waals surface area contributed by atoms with Crippen LogP contribution in [0.2, 0.25) is 0 Å². The van der Waals surface area contributed by atoms with E-state index in [4.69, 9.17) is 4.74 Å². The summed E-state index contributed by atoms with van der Waals surface area (Å²) in [6.45, 7) is 6.02. The molecule has 0 aliphatic rings. The number of phenols is 1. The Morgan fingerprint density at radius 3 is 2.81 bits per heavy atom. The molecule has 2 aromatic rings. The second-order valence-corrected chi connectivity index (χ2v) is 5.70. The minimum absolute atomic E-state index is 0.162. The Labute approximate surface area is 127 Å². The number of rotatable bonds is 4. The molecule has 0 atom stereocenters. The van der Waals surface area contributed by atoms with E-state index in [1.54, 1.807) is 47.5 Å². The first-order chi connectivity index (χ1) is 10.0. The van der Waals surface area contributed by atoms with Crippen LogP contribution >= 0.6 is 11.3 Å². The van der Waals surface area contributed by atoms with E-state index in [1.807, 2.05) is 26.2 Å². The average Bonchev–Trinajstić information content (AvgIpc) is 2.78. The molecule has 0 saturated heterocycles. The number of hydrogen-bond acceptors (Lipinski definition) is 5. The Bertz CT molecular complexity index is 714. The largest absolute Gasteiger partial charge is 0.507 e. The first-order valence-corrected chi connectivity index (χ1v) is 7.51. The fourth-order valence-corrected chi connectivity index (χ4v) is 2.66. The Hall–Kier alpha value is -2.08. The van der Waals surface area contributed by atoms with Crippen LogP contribution in [-0.4, -0.2) is 29.1 Å². The first kappa shape index (κ1) is 15.3. The number of hydrogen-bond donors (Lipinski definition) is 1. The summed E-state index contributed by atoms with van der Waals surface area (Å²) < 4.78 is 6.92. The van der Waals surface area contributed by atoms with E-state index in [1.165, 1.54) is 0 Å². The highest BCUT2D eigenvalue weighted by molar-refractivity contribution is 7.07. The molecule has 0 unspecified atom stereocenters. The smallest absolute Gasteiger partial charge is 0.206 e. The van der Waals surface area contributed by atoms with Crippen molar-refractivity contribution < 1.29 is 9.84 Å². The van der Waals surface area contributed by atoms with Crippen molar-refractivity contribution in [1.82, 2.24) is 4.68 Å². The third-order valence-electron chi connectivity index (χ3n) is 2.77. The molecular formula is C15H19N3O2S. The molecule has 0 saturated carbocycles. The van der Waals surface area contributed by atoms with Gasteiger partial charge in [0.05, 0.1) is 19.0 Å². The lowest BCUT2D eigenvalue weighted by Crippen LogP contribution is -2.14. The Morgan fingerprint density at radius 2 is 2.14 bits per heavy atom. The number of thiazole rings is 1. The predicted octanol–water partition coefficient (Wildman–Crippen LogP) is 2.76. The first-order valence-electron chi connectivity index (χ1n) is 6.63. The van der Waals surface area contributed by atoms with Crippen LogP contribution in [0.4, 0.5) is 0 Å². The van der Waals surface area contributed by atoms with Crippen molar-refractivity contribution in [2.45, 2.75) is 26.8 Å². The number of aryl methyl sites for hydroxylation is 1. The van der Waals surface area contributed by atoms with Crippen LogP contribution in [0.3, 0.4) is 0 Å². The van der Waals surface area contributed by atoms with Gasteiger partial charge in [-0.3, -0.25) is 4.99 Å². The summed E-state index contributed by atoms with van der Waals surface area (Å²) in [6.07, 6.45) is 1.61. The molecule has 0 aliphatic carbocycles. The number of nitrogens with zero attached hydrogens (tertiary/aromatic N) is 3. The van der Waals surface area contributed by atoms with Crippen LogP contribution in [0.25, 0.3) is 0 Å². The topological polar surface area (TPSA) is 59.1 Å². The molecule has 2 rings (SSSR count). The van der Waals surface area contributed by atoms with E-state index in [-0.39, 0.29) is 11.8 Å². The summed E-state index contributed by atoms with van der Waals surface area (Å²) >= 11 is 1.55. The van der Waals surface area contributed by atoms with Crippen molar-refractivity contribution in [2.24, 2.45) is 10.1 Å². The molecule has 1 aromatic carbocycles. The third kappa shape index (κ3) is 3.72. The minimum atomic E-state index is 0.162. The van der Waals surface area contributed by atoms with Crippen LogP contribution in [0.5, 0.6) is 11.5 Å². The molecule has 0 spiro atoms. The maximum Gasteiger partial charge on any atom is 0.206 e. The molecular weight excluding hydrogens is 286 g/mol. The van der Waals surface area contributed by atoms with Crippen LogP contribution < -0.4 is 9.54 Å². The van der Waals surface area contributed by atoms with Crippen molar-refractivity contribution >= 4 is 17.6 Å². The maximum atomic E-state index is 9.87. The van der Waals surface area contributed by atoms with Gasteiger partial charge < -0.3 is 9.84 Å². The number of benzene rings is 1. The van der Waals surface area contributed by atoms with Crippen LogP contribution in [0.1, 0.15) is 25.1 Å². The molecule has 0 amide bonds. The second kappa shape index (κ2) is 6.58. The van der Waals surface area contributed by atoms with E-state index in [2.05, 4.69) is 10.1 Å². The quantitative estimate of drug-likeness (QED) is 0.883. The summed E-state index contributed by atoms with van der Waals surface area (Å²) in [6, 6.07) is 5.23. The molecule has 112 valence electrons. The second-order valence-electron chi connectivity index (χ2n) is 4.86. The van der Waals surface area contributed by atoms with Crippen LogP contribution in [0, 0.1) is 6.92 Å². The van der Waals surface area contributed by atoms with Crippen molar-refractivity contribution in [3.8, 4) is 11.5 Å². The van der Waals surface area contributed by atoms with Gasteiger partial charge in [-0.15, -0.1) is 11.3 Å². The van der Waals surface area contributed by atoms with Gasteiger partial charge in [0.15, 0.2) is 0 Å². The molecule has 0 fully saturated rings. The predicted molar refractivity (Wildman–Crippen MR) is 85.4 cm³/mol. The highest BCUT2D eigenvalue weighted by Crippen LogP contribution is 2.21. The molecule has 0 radical (unpaired) electrons. The Morgan fingerprint density at radius 1 is 1.38 bits per heavy atom. The molecule has 21 heavy (non-hydrogen) atoms. The maximum absolute atomic E-state index is 9.87. The van der Waals surface area contributed by atoms with E-state index in [0.717, 1.165) is 10.5 Å². The molecule has 0 aliphatic heterocycles.